The van der Waals surface area contributed by atoms with Crippen LogP contribution in [-0.2, 0) is 0 Å². The molecule has 2 heteroatoms. The molecule has 0 fully saturated rings. The van der Waals surface area contributed by atoms with Crippen LogP contribution >= 0.6 is 0 Å². The Kier molecular flexibility index (Phi) is 3.30. The molecule has 0 spiro atoms. The molecule has 0 aliphatic rings. The zero-order valence-electron chi connectivity index (χ0n) is 9.92. The number of hydrogen-bond acceptors (Lipinski definition) is 2. The van der Waals surface area contributed by atoms with Crippen molar-refractivity contribution >= 4 is 5.78 Å². The Balaban J connectivity index is 3.08. The summed E-state index contributed by atoms with van der Waals surface area (Å²) in [6.07, 6.45) is 0.652. The number of carbonyl (C=O) groups excluding carboxylic acids is 1. The van der Waals surface area contributed by atoms with Gasteiger partial charge in [0.1, 0.15) is 0 Å². The highest BCUT2D eigenvalue weighted by molar-refractivity contribution is 6.02. The quantitative estimate of drug-likeness (QED) is 0.771. The van der Waals surface area contributed by atoms with E-state index in [0.717, 1.165) is 5.56 Å². The van der Waals surface area contributed by atoms with Gasteiger partial charge in [-0.1, -0.05) is 19.1 Å². The lowest BCUT2D eigenvalue weighted by atomic mass is 9.89. The van der Waals surface area contributed by atoms with Gasteiger partial charge in [-0.15, -0.1) is 0 Å². The van der Waals surface area contributed by atoms with Crippen molar-refractivity contribution in [3.63, 3.8) is 0 Å². The zero-order valence-corrected chi connectivity index (χ0v) is 9.92. The fraction of sp³-hybridized carbons (Fsp3) is 0.462. The number of Topliss-reactive ketones (excluding diaryl/α,β-unsaturated/α-hetero) is 1. The monoisotopic (exact) mass is 205 g/mol. The maximum absolute atomic E-state index is 12.0. The lowest BCUT2D eigenvalue weighted by molar-refractivity contribution is 0.0897. The zero-order chi connectivity index (χ0) is 11.6. The molecule has 0 amide bonds. The maximum atomic E-state index is 12.0. The summed E-state index contributed by atoms with van der Waals surface area (Å²) in [7, 11) is 0. The van der Waals surface area contributed by atoms with Gasteiger partial charge < -0.3 is 5.73 Å². The number of benzene rings is 1. The third kappa shape index (κ3) is 2.45. The first kappa shape index (κ1) is 11.9. The molecule has 0 radical (unpaired) electrons. The van der Waals surface area contributed by atoms with Crippen molar-refractivity contribution in [2.75, 3.05) is 0 Å². The van der Waals surface area contributed by atoms with Crippen molar-refractivity contribution in [3.8, 4) is 0 Å². The molecule has 0 aliphatic heterocycles. The van der Waals surface area contributed by atoms with Crippen molar-refractivity contribution in [1.29, 1.82) is 0 Å². The predicted molar refractivity (Wildman–Crippen MR) is 63.1 cm³/mol. The molecule has 1 aromatic rings. The Labute approximate surface area is 91.5 Å². The number of nitrogens with two attached hydrogens (primary N) is 1. The van der Waals surface area contributed by atoms with E-state index in [1.54, 1.807) is 6.92 Å². The van der Waals surface area contributed by atoms with Crippen molar-refractivity contribution in [2.24, 2.45) is 5.73 Å². The van der Waals surface area contributed by atoms with Crippen LogP contribution in [0.3, 0.4) is 0 Å². The van der Waals surface area contributed by atoms with Crippen LogP contribution in [0.15, 0.2) is 18.2 Å². The Hall–Kier alpha value is -1.15. The van der Waals surface area contributed by atoms with E-state index in [2.05, 4.69) is 0 Å². The highest BCUT2D eigenvalue weighted by atomic mass is 16.1. The van der Waals surface area contributed by atoms with Crippen LogP contribution in [0, 0.1) is 13.8 Å². The molecular formula is C13H19NO. The van der Waals surface area contributed by atoms with Gasteiger partial charge in [0.05, 0.1) is 5.54 Å². The van der Waals surface area contributed by atoms with Crippen LogP contribution in [0.4, 0.5) is 0 Å². The van der Waals surface area contributed by atoms with E-state index in [9.17, 15) is 4.79 Å². The first-order chi connectivity index (χ1) is 6.88. The molecule has 0 saturated heterocycles. The van der Waals surface area contributed by atoms with Crippen LogP contribution in [0.2, 0.25) is 0 Å². The largest absolute Gasteiger partial charge is 0.319 e. The third-order valence-electron chi connectivity index (χ3n) is 3.02. The van der Waals surface area contributed by atoms with Crippen molar-refractivity contribution in [1.82, 2.24) is 0 Å². The minimum absolute atomic E-state index is 0.0214. The van der Waals surface area contributed by atoms with Gasteiger partial charge in [0.15, 0.2) is 5.78 Å². The van der Waals surface area contributed by atoms with E-state index in [1.165, 1.54) is 5.56 Å². The molecule has 0 bridgehead atoms. The summed E-state index contributed by atoms with van der Waals surface area (Å²) in [5.74, 6) is 0.0214. The van der Waals surface area contributed by atoms with Crippen LogP contribution in [-0.4, -0.2) is 11.3 Å². The summed E-state index contributed by atoms with van der Waals surface area (Å²) < 4.78 is 0. The predicted octanol–water partition coefficient (Wildman–Crippen LogP) is 2.61. The van der Waals surface area contributed by atoms with Gasteiger partial charge in [-0.2, -0.15) is 0 Å². The first-order valence-corrected chi connectivity index (χ1v) is 5.29. The smallest absolute Gasteiger partial charge is 0.182 e. The Morgan fingerprint density at radius 3 is 2.40 bits per heavy atom. The van der Waals surface area contributed by atoms with Gasteiger partial charge in [-0.05, 0) is 44.4 Å². The highest BCUT2D eigenvalue weighted by Crippen LogP contribution is 2.17. The summed E-state index contributed by atoms with van der Waals surface area (Å²) in [5.41, 5.74) is 8.22. The second-order valence-electron chi connectivity index (χ2n) is 4.40. The highest BCUT2D eigenvalue weighted by Gasteiger charge is 2.27. The molecule has 0 saturated carbocycles. The average Bonchev–Trinajstić information content (AvgIpc) is 2.21. The van der Waals surface area contributed by atoms with Crippen LogP contribution < -0.4 is 5.73 Å². The second kappa shape index (κ2) is 4.15. The summed E-state index contributed by atoms with van der Waals surface area (Å²) >= 11 is 0. The summed E-state index contributed by atoms with van der Waals surface area (Å²) in [6, 6.07) is 5.73. The summed E-state index contributed by atoms with van der Waals surface area (Å²) in [5, 5.41) is 0. The van der Waals surface area contributed by atoms with Crippen molar-refractivity contribution in [3.05, 3.63) is 34.9 Å². The van der Waals surface area contributed by atoms with Gasteiger partial charge >= 0.3 is 0 Å². The van der Waals surface area contributed by atoms with Crippen molar-refractivity contribution in [2.45, 2.75) is 39.7 Å². The fourth-order valence-electron chi connectivity index (χ4n) is 1.37. The molecule has 2 nitrogen and oxygen atoms in total. The third-order valence-corrected chi connectivity index (χ3v) is 3.02. The van der Waals surface area contributed by atoms with E-state index in [-0.39, 0.29) is 5.78 Å². The van der Waals surface area contributed by atoms with Crippen molar-refractivity contribution < 1.29 is 4.79 Å². The Bertz CT molecular complexity index is 380. The van der Waals surface area contributed by atoms with Gasteiger partial charge in [0.2, 0.25) is 0 Å². The molecule has 0 aromatic heterocycles. The van der Waals surface area contributed by atoms with Crippen LogP contribution in [0.5, 0.6) is 0 Å². The minimum atomic E-state index is -0.748. The molecule has 1 aromatic carbocycles. The number of ketones is 1. The Morgan fingerprint density at radius 1 is 1.33 bits per heavy atom. The second-order valence-corrected chi connectivity index (χ2v) is 4.40. The fourth-order valence-corrected chi connectivity index (χ4v) is 1.37. The molecule has 0 heterocycles. The normalized spacial score (nSPS) is 14.7. The first-order valence-electron chi connectivity index (χ1n) is 5.29. The topological polar surface area (TPSA) is 43.1 Å². The molecule has 1 rings (SSSR count). The molecule has 1 atom stereocenters. The van der Waals surface area contributed by atoms with Crippen LogP contribution in [0.1, 0.15) is 41.8 Å². The number of rotatable bonds is 3. The van der Waals surface area contributed by atoms with E-state index >= 15 is 0 Å². The van der Waals surface area contributed by atoms with Crippen LogP contribution in [0.25, 0.3) is 0 Å². The molecule has 82 valence electrons. The molecular weight excluding hydrogens is 186 g/mol. The lowest BCUT2D eigenvalue weighted by Crippen LogP contribution is -2.44. The molecule has 1 unspecified atom stereocenters. The standard InChI is InChI=1S/C13H19NO/c1-5-13(4,14)12(15)11-7-6-9(2)10(3)8-11/h6-8H,5,14H2,1-4H3. The number of aryl methyl sites for hydroxylation is 2. The van der Waals surface area contributed by atoms with E-state index in [0.29, 0.717) is 12.0 Å². The van der Waals surface area contributed by atoms with Gasteiger partial charge in [0.25, 0.3) is 0 Å². The average molecular weight is 205 g/mol. The molecule has 2 N–H and O–H groups in total. The van der Waals surface area contributed by atoms with Gasteiger partial charge in [0, 0.05) is 5.56 Å². The lowest BCUT2D eigenvalue weighted by Gasteiger charge is -2.21. The minimum Gasteiger partial charge on any atom is -0.319 e. The van der Waals surface area contributed by atoms with Gasteiger partial charge in [-0.25, -0.2) is 0 Å². The summed E-state index contributed by atoms with van der Waals surface area (Å²) in [4.78, 5) is 12.0. The van der Waals surface area contributed by atoms with Gasteiger partial charge in [-0.3, -0.25) is 4.79 Å². The maximum Gasteiger partial charge on any atom is 0.182 e. The molecule has 15 heavy (non-hydrogen) atoms. The number of carbonyl (C=O) groups is 1. The molecule has 0 aliphatic carbocycles. The van der Waals surface area contributed by atoms with E-state index in [1.807, 2.05) is 39.0 Å². The Morgan fingerprint density at radius 2 is 1.93 bits per heavy atom. The number of hydrogen-bond donors (Lipinski definition) is 1. The summed E-state index contributed by atoms with van der Waals surface area (Å²) in [6.45, 7) is 7.75. The van der Waals surface area contributed by atoms with E-state index in [4.69, 9.17) is 5.73 Å². The van der Waals surface area contributed by atoms with E-state index < -0.39 is 5.54 Å². The SMILES string of the molecule is CCC(C)(N)C(=O)c1ccc(C)c(C)c1.